The Morgan fingerprint density at radius 1 is 1.19 bits per heavy atom. The van der Waals surface area contributed by atoms with Gasteiger partial charge in [0.2, 0.25) is 5.91 Å². The maximum absolute atomic E-state index is 11.6. The minimum atomic E-state index is -0.757. The van der Waals surface area contributed by atoms with Crippen molar-refractivity contribution in [1.82, 2.24) is 5.32 Å². The molecule has 2 unspecified atom stereocenters. The first-order chi connectivity index (χ1) is 9.81. The molecule has 0 aromatic carbocycles. The molecule has 0 aromatic heterocycles. The van der Waals surface area contributed by atoms with Crippen molar-refractivity contribution in [2.45, 2.75) is 58.2 Å². The Balaban J connectivity index is 3.94. The van der Waals surface area contributed by atoms with Crippen LogP contribution in [-0.2, 0) is 19.0 Å². The number of hydrogen-bond acceptors (Lipinski definition) is 5. The molecule has 126 valence electrons. The van der Waals surface area contributed by atoms with Gasteiger partial charge in [0.05, 0.1) is 24.9 Å². The van der Waals surface area contributed by atoms with Crippen molar-refractivity contribution in [3.05, 3.63) is 0 Å². The highest BCUT2D eigenvalue weighted by Gasteiger charge is 2.33. The largest absolute Gasteiger partial charge is 0.385 e. The van der Waals surface area contributed by atoms with Crippen LogP contribution in [0.4, 0.5) is 0 Å². The van der Waals surface area contributed by atoms with Crippen molar-refractivity contribution in [3.63, 3.8) is 0 Å². The van der Waals surface area contributed by atoms with Gasteiger partial charge in [-0.25, -0.2) is 0 Å². The van der Waals surface area contributed by atoms with E-state index >= 15 is 0 Å². The second-order valence-electron chi connectivity index (χ2n) is 5.84. The molecule has 0 spiro atoms. The molecule has 0 aliphatic carbocycles. The predicted molar refractivity (Wildman–Crippen MR) is 83.2 cm³/mol. The minimum Gasteiger partial charge on any atom is -0.385 e. The highest BCUT2D eigenvalue weighted by molar-refractivity contribution is 5.84. The number of hydrogen-bond donors (Lipinski definition) is 2. The van der Waals surface area contributed by atoms with Crippen LogP contribution < -0.4 is 11.1 Å². The van der Waals surface area contributed by atoms with Crippen LogP contribution in [0.25, 0.3) is 0 Å². The first-order valence-electron chi connectivity index (χ1n) is 7.57. The zero-order valence-corrected chi connectivity index (χ0v) is 14.1. The Hall–Kier alpha value is -0.690. The van der Waals surface area contributed by atoms with Crippen molar-refractivity contribution in [2.75, 3.05) is 33.5 Å². The number of nitrogens with two attached hydrogens (primary N) is 1. The maximum Gasteiger partial charge on any atom is 0.237 e. The van der Waals surface area contributed by atoms with Crippen molar-refractivity contribution < 1.29 is 19.0 Å². The van der Waals surface area contributed by atoms with Gasteiger partial charge < -0.3 is 25.3 Å². The molecule has 0 aliphatic heterocycles. The molecule has 2 atom stereocenters. The van der Waals surface area contributed by atoms with E-state index in [1.165, 1.54) is 0 Å². The van der Waals surface area contributed by atoms with Crippen LogP contribution in [0.15, 0.2) is 0 Å². The Bertz CT molecular complexity index is 287. The van der Waals surface area contributed by atoms with Gasteiger partial charge in [0.15, 0.2) is 0 Å². The monoisotopic (exact) mass is 304 g/mol. The van der Waals surface area contributed by atoms with E-state index in [1.54, 1.807) is 7.11 Å². The van der Waals surface area contributed by atoms with E-state index in [9.17, 15) is 4.79 Å². The fraction of sp³-hybridized carbons (Fsp3) is 0.933. The van der Waals surface area contributed by atoms with Crippen molar-refractivity contribution >= 4 is 5.91 Å². The molecule has 6 heteroatoms. The van der Waals surface area contributed by atoms with E-state index < -0.39 is 5.54 Å². The quantitative estimate of drug-likeness (QED) is 0.497. The van der Waals surface area contributed by atoms with Gasteiger partial charge in [0.25, 0.3) is 0 Å². The third kappa shape index (κ3) is 9.79. The molecule has 0 radical (unpaired) electrons. The van der Waals surface area contributed by atoms with Crippen molar-refractivity contribution in [2.24, 2.45) is 5.73 Å². The van der Waals surface area contributed by atoms with E-state index in [-0.39, 0.29) is 18.1 Å². The topological polar surface area (TPSA) is 82.8 Å². The van der Waals surface area contributed by atoms with E-state index in [0.29, 0.717) is 32.8 Å². The number of amides is 1. The summed E-state index contributed by atoms with van der Waals surface area (Å²) in [5.74, 6) is -0.359. The molecule has 0 saturated heterocycles. The summed E-state index contributed by atoms with van der Waals surface area (Å²) in [6.07, 6.45) is 1.34. The van der Waals surface area contributed by atoms with Gasteiger partial charge in [-0.05, 0) is 34.1 Å². The Morgan fingerprint density at radius 2 is 1.86 bits per heavy atom. The summed E-state index contributed by atoms with van der Waals surface area (Å²) in [5, 5.41) is 3.21. The Labute approximate surface area is 128 Å². The standard InChI is InChI=1S/C15H32N2O4/c1-12(2)17-15(4,14(16)18)11-13(3)21-10-9-20-8-6-7-19-5/h12-13,17H,6-11H2,1-5H3,(H2,16,18). The smallest absolute Gasteiger partial charge is 0.237 e. The minimum absolute atomic E-state index is 0.0728. The van der Waals surface area contributed by atoms with E-state index in [2.05, 4.69) is 5.32 Å². The Morgan fingerprint density at radius 3 is 2.38 bits per heavy atom. The second kappa shape index (κ2) is 11.0. The van der Waals surface area contributed by atoms with Crippen LogP contribution in [0.2, 0.25) is 0 Å². The zero-order valence-electron chi connectivity index (χ0n) is 14.1. The molecular weight excluding hydrogens is 272 g/mol. The lowest BCUT2D eigenvalue weighted by Crippen LogP contribution is -2.57. The van der Waals surface area contributed by atoms with Crippen LogP contribution in [0.3, 0.4) is 0 Å². The number of carbonyl (C=O) groups excluding carboxylic acids is 1. The summed E-state index contributed by atoms with van der Waals surface area (Å²) in [6.45, 7) is 10.1. The molecule has 0 aromatic rings. The van der Waals surface area contributed by atoms with Gasteiger partial charge >= 0.3 is 0 Å². The number of methoxy groups -OCH3 is 1. The lowest BCUT2D eigenvalue weighted by atomic mass is 9.93. The first-order valence-corrected chi connectivity index (χ1v) is 7.57. The number of primary amides is 1. The molecule has 0 fully saturated rings. The van der Waals surface area contributed by atoms with Gasteiger partial charge in [-0.1, -0.05) is 0 Å². The predicted octanol–water partition coefficient (Wildman–Crippen LogP) is 1.08. The van der Waals surface area contributed by atoms with Crippen LogP contribution in [0.1, 0.15) is 40.5 Å². The lowest BCUT2D eigenvalue weighted by molar-refractivity contribution is -0.125. The van der Waals surface area contributed by atoms with Gasteiger partial charge in [-0.3, -0.25) is 4.79 Å². The molecule has 21 heavy (non-hydrogen) atoms. The summed E-state index contributed by atoms with van der Waals surface area (Å²) >= 11 is 0. The van der Waals surface area contributed by atoms with Crippen molar-refractivity contribution in [3.8, 4) is 0 Å². The summed E-state index contributed by atoms with van der Waals surface area (Å²) < 4.78 is 16.0. The fourth-order valence-corrected chi connectivity index (χ4v) is 2.22. The average Bonchev–Trinajstić information content (AvgIpc) is 2.36. The lowest BCUT2D eigenvalue weighted by Gasteiger charge is -2.32. The van der Waals surface area contributed by atoms with Gasteiger partial charge in [0.1, 0.15) is 0 Å². The second-order valence-corrected chi connectivity index (χ2v) is 5.84. The normalized spacial score (nSPS) is 15.9. The molecular formula is C15H32N2O4. The van der Waals surface area contributed by atoms with Crippen LogP contribution >= 0.6 is 0 Å². The average molecular weight is 304 g/mol. The molecule has 6 nitrogen and oxygen atoms in total. The van der Waals surface area contributed by atoms with Gasteiger partial charge in [-0.15, -0.1) is 0 Å². The first kappa shape index (κ1) is 20.3. The van der Waals surface area contributed by atoms with Gasteiger partial charge in [0, 0.05) is 32.8 Å². The maximum atomic E-state index is 11.6. The number of ether oxygens (including phenoxy) is 3. The van der Waals surface area contributed by atoms with E-state index in [4.69, 9.17) is 19.9 Å². The fourth-order valence-electron chi connectivity index (χ4n) is 2.22. The van der Waals surface area contributed by atoms with Crippen LogP contribution in [-0.4, -0.2) is 57.1 Å². The van der Waals surface area contributed by atoms with E-state index in [0.717, 1.165) is 6.42 Å². The van der Waals surface area contributed by atoms with Crippen LogP contribution in [0.5, 0.6) is 0 Å². The summed E-state index contributed by atoms with van der Waals surface area (Å²) in [6, 6.07) is 0.179. The number of nitrogens with one attached hydrogen (secondary N) is 1. The molecule has 1 amide bonds. The number of carbonyl (C=O) groups is 1. The third-order valence-corrected chi connectivity index (χ3v) is 3.11. The summed E-state index contributed by atoms with van der Waals surface area (Å²) in [5.41, 5.74) is 4.74. The SMILES string of the molecule is COCCCOCCOC(C)CC(C)(NC(C)C)C(N)=O. The summed E-state index contributed by atoms with van der Waals surface area (Å²) in [4.78, 5) is 11.6. The summed E-state index contributed by atoms with van der Waals surface area (Å²) in [7, 11) is 1.67. The Kier molecular flexibility index (Phi) is 10.6. The van der Waals surface area contributed by atoms with Gasteiger partial charge in [-0.2, -0.15) is 0 Å². The third-order valence-electron chi connectivity index (χ3n) is 3.11. The zero-order chi connectivity index (χ0) is 16.3. The molecule has 0 heterocycles. The molecule has 0 aliphatic rings. The van der Waals surface area contributed by atoms with E-state index in [1.807, 2.05) is 27.7 Å². The molecule has 0 saturated carbocycles. The molecule has 0 bridgehead atoms. The van der Waals surface area contributed by atoms with Crippen molar-refractivity contribution in [1.29, 1.82) is 0 Å². The van der Waals surface area contributed by atoms with Crippen LogP contribution in [0, 0.1) is 0 Å². The molecule has 0 rings (SSSR count). The highest BCUT2D eigenvalue weighted by Crippen LogP contribution is 2.15. The number of rotatable bonds is 13. The molecule has 3 N–H and O–H groups in total. The highest BCUT2D eigenvalue weighted by atomic mass is 16.5.